The third-order valence-corrected chi connectivity index (χ3v) is 6.81. The molecule has 25 heavy (non-hydrogen) atoms. The number of benzene rings is 1. The molecule has 1 aromatic rings. The van der Waals surface area contributed by atoms with Gasteiger partial charge in [-0.15, -0.1) is 0 Å². The minimum atomic E-state index is -3.28. The van der Waals surface area contributed by atoms with E-state index in [4.69, 9.17) is 4.74 Å². The van der Waals surface area contributed by atoms with E-state index >= 15 is 0 Å². The van der Waals surface area contributed by atoms with Gasteiger partial charge in [0.1, 0.15) is 5.60 Å². The van der Waals surface area contributed by atoms with Crippen molar-refractivity contribution in [3.63, 3.8) is 0 Å². The Balaban J connectivity index is 1.62. The van der Waals surface area contributed by atoms with Crippen LogP contribution in [0.15, 0.2) is 24.3 Å². The fourth-order valence-corrected chi connectivity index (χ4v) is 5.65. The van der Waals surface area contributed by atoms with Crippen molar-refractivity contribution < 1.29 is 13.2 Å². The summed E-state index contributed by atoms with van der Waals surface area (Å²) in [6.07, 6.45) is 6.33. The van der Waals surface area contributed by atoms with Crippen LogP contribution >= 0.6 is 0 Å². The fraction of sp³-hybridized carbons (Fsp3) is 0.684. The molecule has 2 bridgehead atoms. The normalized spacial score (nSPS) is 32.7. The highest BCUT2D eigenvalue weighted by molar-refractivity contribution is 7.92. The molecule has 2 atom stereocenters. The summed E-state index contributed by atoms with van der Waals surface area (Å²) in [6, 6.07) is 7.79. The summed E-state index contributed by atoms with van der Waals surface area (Å²) >= 11 is 0. The Hall–Kier alpha value is -1.11. The van der Waals surface area contributed by atoms with Gasteiger partial charge in [-0.25, -0.2) is 8.42 Å². The van der Waals surface area contributed by atoms with Crippen molar-refractivity contribution in [2.24, 2.45) is 17.8 Å². The lowest BCUT2D eigenvalue weighted by Crippen LogP contribution is -2.53. The summed E-state index contributed by atoms with van der Waals surface area (Å²) < 4.78 is 32.0. The number of ether oxygens (including phenoxy) is 1. The summed E-state index contributed by atoms with van der Waals surface area (Å²) in [7, 11) is -1.46. The predicted molar refractivity (Wildman–Crippen MR) is 99.0 cm³/mol. The topological polar surface area (TPSA) is 58.6 Å². The lowest BCUT2D eigenvalue weighted by Gasteiger charge is -2.47. The monoisotopic (exact) mass is 364 g/mol. The summed E-state index contributed by atoms with van der Waals surface area (Å²) in [4.78, 5) is 2.63. The maximum Gasteiger partial charge on any atom is 0.229 e. The maximum atomic E-state index is 11.6. The lowest BCUT2D eigenvalue weighted by molar-refractivity contribution is -0.119. The highest BCUT2D eigenvalue weighted by Gasteiger charge is 2.55. The van der Waals surface area contributed by atoms with Gasteiger partial charge in [-0.1, -0.05) is 12.1 Å². The van der Waals surface area contributed by atoms with Gasteiger partial charge >= 0.3 is 0 Å². The summed E-state index contributed by atoms with van der Waals surface area (Å²) in [6.45, 7) is 3.41. The highest BCUT2D eigenvalue weighted by atomic mass is 32.2. The van der Waals surface area contributed by atoms with E-state index in [1.165, 1.54) is 38.5 Å². The first kappa shape index (κ1) is 17.3. The van der Waals surface area contributed by atoms with E-state index in [9.17, 15) is 8.42 Å². The molecule has 0 amide bonds. The Kier molecular flexibility index (Phi) is 4.33. The van der Waals surface area contributed by atoms with Crippen LogP contribution in [0.2, 0.25) is 0 Å². The number of methoxy groups -OCH3 is 1. The molecule has 0 aromatic heterocycles. The smallest absolute Gasteiger partial charge is 0.229 e. The van der Waals surface area contributed by atoms with Crippen LogP contribution in [0.5, 0.6) is 0 Å². The predicted octanol–water partition coefficient (Wildman–Crippen LogP) is 2.65. The van der Waals surface area contributed by atoms with Crippen LogP contribution in [0, 0.1) is 17.8 Å². The Morgan fingerprint density at radius 2 is 1.88 bits per heavy atom. The molecule has 1 saturated heterocycles. The van der Waals surface area contributed by atoms with Gasteiger partial charge in [-0.3, -0.25) is 4.72 Å². The van der Waals surface area contributed by atoms with E-state index in [1.54, 1.807) is 6.07 Å². The van der Waals surface area contributed by atoms with Gasteiger partial charge < -0.3 is 9.64 Å². The van der Waals surface area contributed by atoms with Crippen LogP contribution < -0.4 is 4.72 Å². The van der Waals surface area contributed by atoms with Gasteiger partial charge in [-0.2, -0.15) is 0 Å². The summed E-state index contributed by atoms with van der Waals surface area (Å²) in [5.74, 6) is 1.86. The van der Waals surface area contributed by atoms with Gasteiger partial charge in [0.15, 0.2) is 0 Å². The first-order valence-corrected chi connectivity index (χ1v) is 11.2. The average Bonchev–Trinajstić information content (AvgIpc) is 3.32. The second-order valence-corrected chi connectivity index (χ2v) is 9.83. The number of anilines is 1. The number of nitrogens with one attached hydrogen (secondary N) is 1. The Morgan fingerprint density at radius 3 is 2.44 bits per heavy atom. The minimum Gasteiger partial charge on any atom is -0.373 e. The maximum absolute atomic E-state index is 11.6. The van der Waals surface area contributed by atoms with E-state index in [2.05, 4.69) is 15.7 Å². The van der Waals surface area contributed by atoms with Crippen LogP contribution in [0.3, 0.4) is 0 Å². The van der Waals surface area contributed by atoms with E-state index in [0.29, 0.717) is 17.5 Å². The van der Waals surface area contributed by atoms with Crippen molar-refractivity contribution >= 4 is 15.7 Å². The molecule has 2 aliphatic carbocycles. The molecule has 2 saturated carbocycles. The Morgan fingerprint density at radius 1 is 1.20 bits per heavy atom. The van der Waals surface area contributed by atoms with Crippen LogP contribution in [-0.2, 0) is 20.4 Å². The molecule has 3 fully saturated rings. The molecule has 1 N–H and O–H groups in total. The highest BCUT2D eigenvalue weighted by Crippen LogP contribution is 2.54. The molecule has 4 rings (SSSR count). The molecular weight excluding hydrogens is 336 g/mol. The summed E-state index contributed by atoms with van der Waals surface area (Å²) in [5.41, 5.74) is 1.45. The molecule has 1 aliphatic heterocycles. The van der Waals surface area contributed by atoms with Gasteiger partial charge in [-0.05, 0) is 49.3 Å². The van der Waals surface area contributed by atoms with Crippen molar-refractivity contribution in [3.8, 4) is 0 Å². The second kappa shape index (κ2) is 6.25. The standard InChI is InChI=1S/C19H28N2O3S/c1-24-19(15-4-3-5-18(10-15)20-25(2,22)23)16-8-9-17(19)13-21(12-16)11-14-6-7-14/h3-5,10,14,16-17,20H,6-9,11-13H2,1-2H3. The number of piperidine rings is 1. The first-order chi connectivity index (χ1) is 11.9. The molecule has 138 valence electrons. The van der Waals surface area contributed by atoms with Crippen LogP contribution in [0.1, 0.15) is 31.2 Å². The zero-order chi connectivity index (χ0) is 17.7. The number of hydrogen-bond acceptors (Lipinski definition) is 4. The van der Waals surface area contributed by atoms with Gasteiger partial charge in [0.2, 0.25) is 10.0 Å². The van der Waals surface area contributed by atoms with Crippen molar-refractivity contribution in [3.05, 3.63) is 29.8 Å². The van der Waals surface area contributed by atoms with Gasteiger partial charge in [0, 0.05) is 44.3 Å². The molecule has 5 nitrogen and oxygen atoms in total. The molecule has 1 heterocycles. The molecule has 0 radical (unpaired) electrons. The zero-order valence-electron chi connectivity index (χ0n) is 15.1. The third-order valence-electron chi connectivity index (χ3n) is 6.20. The van der Waals surface area contributed by atoms with Crippen LogP contribution in [0.25, 0.3) is 0 Å². The van der Waals surface area contributed by atoms with Gasteiger partial charge in [0.05, 0.1) is 6.26 Å². The number of fused-ring (bicyclic) bond motifs is 2. The molecule has 1 aromatic carbocycles. The van der Waals surface area contributed by atoms with Crippen LogP contribution in [-0.4, -0.2) is 46.3 Å². The zero-order valence-corrected chi connectivity index (χ0v) is 15.9. The molecule has 2 unspecified atom stereocenters. The van der Waals surface area contributed by atoms with Crippen molar-refractivity contribution in [1.29, 1.82) is 0 Å². The van der Waals surface area contributed by atoms with Crippen molar-refractivity contribution in [2.45, 2.75) is 31.3 Å². The SMILES string of the molecule is COC1(c2cccc(NS(C)(=O)=O)c2)C2CCC1CN(CC1CC1)C2. The van der Waals surface area contributed by atoms with Crippen LogP contribution in [0.4, 0.5) is 5.69 Å². The Labute approximate surface area is 150 Å². The molecule has 3 aliphatic rings. The first-order valence-electron chi connectivity index (χ1n) is 9.26. The number of rotatable bonds is 6. The van der Waals surface area contributed by atoms with Gasteiger partial charge in [0.25, 0.3) is 0 Å². The fourth-order valence-electron chi connectivity index (χ4n) is 5.09. The number of sulfonamides is 1. The van der Waals surface area contributed by atoms with E-state index in [0.717, 1.165) is 24.6 Å². The largest absolute Gasteiger partial charge is 0.373 e. The second-order valence-electron chi connectivity index (χ2n) is 8.09. The van der Waals surface area contributed by atoms with Crippen molar-refractivity contribution in [1.82, 2.24) is 4.90 Å². The lowest BCUT2D eigenvalue weighted by atomic mass is 9.74. The number of likely N-dealkylation sites (tertiary alicyclic amines) is 1. The van der Waals surface area contributed by atoms with E-state index < -0.39 is 10.0 Å². The Bertz CT molecular complexity index is 731. The number of nitrogens with zero attached hydrogens (tertiary/aromatic N) is 1. The third kappa shape index (κ3) is 3.32. The summed E-state index contributed by atoms with van der Waals surface area (Å²) in [5, 5.41) is 0. The molecule has 0 spiro atoms. The van der Waals surface area contributed by atoms with Crippen molar-refractivity contribution in [2.75, 3.05) is 37.7 Å². The number of hydrogen-bond donors (Lipinski definition) is 1. The minimum absolute atomic E-state index is 0.282. The molecule has 6 heteroatoms. The quantitative estimate of drug-likeness (QED) is 0.843. The van der Waals surface area contributed by atoms with E-state index in [-0.39, 0.29) is 5.60 Å². The van der Waals surface area contributed by atoms with E-state index in [1.807, 2.05) is 19.2 Å². The average molecular weight is 365 g/mol. The molecular formula is C19H28N2O3S.